The molecule has 5 rings (SSSR count). The molecule has 33 heavy (non-hydrogen) atoms. The van der Waals surface area contributed by atoms with Crippen LogP contribution in [0, 0.1) is 17.5 Å². The molecule has 4 heterocycles. The van der Waals surface area contributed by atoms with Crippen LogP contribution in [0.2, 0.25) is 0 Å². The van der Waals surface area contributed by atoms with Crippen LogP contribution in [0.3, 0.4) is 0 Å². The highest BCUT2D eigenvalue weighted by Gasteiger charge is 2.27. The van der Waals surface area contributed by atoms with Crippen LogP contribution in [-0.2, 0) is 25.9 Å². The molecule has 0 radical (unpaired) electrons. The predicted octanol–water partition coefficient (Wildman–Crippen LogP) is 2.31. The van der Waals surface area contributed by atoms with Crippen molar-refractivity contribution in [3.8, 4) is 11.5 Å². The first-order valence-corrected chi connectivity index (χ1v) is 11.1. The van der Waals surface area contributed by atoms with E-state index in [0.29, 0.717) is 42.2 Å². The molecular weight excluding hydrogens is 435 g/mol. The summed E-state index contributed by atoms with van der Waals surface area (Å²) in [5, 5.41) is 13.1. The Kier molecular flexibility index (Phi) is 5.65. The summed E-state index contributed by atoms with van der Waals surface area (Å²) in [4.78, 5) is 14.6. The molecule has 3 aromatic rings. The molecule has 1 saturated heterocycles. The van der Waals surface area contributed by atoms with Crippen molar-refractivity contribution in [3.63, 3.8) is 0 Å². The number of aromatic nitrogens is 5. The van der Waals surface area contributed by atoms with Crippen LogP contribution in [0.15, 0.2) is 18.2 Å². The standard InChI is InChI=1S/C22H24F3N7O/c23-15-11-17(25)16(24)9-13(15)8-14(26)10-20-27-28-21-19-12-18(22(33)30-4-1-2-5-30)29-32(19)7-3-6-31(20)21/h9,11-12,14H,1-8,10,26H2/t14-/m1/s1. The molecule has 1 amide bonds. The lowest BCUT2D eigenvalue weighted by molar-refractivity contribution is 0.0786. The Morgan fingerprint density at radius 2 is 1.70 bits per heavy atom. The van der Waals surface area contributed by atoms with Crippen molar-refractivity contribution >= 4 is 5.91 Å². The summed E-state index contributed by atoms with van der Waals surface area (Å²) in [7, 11) is 0. The molecule has 2 aliphatic heterocycles. The second kappa shape index (κ2) is 8.62. The van der Waals surface area contributed by atoms with Crippen molar-refractivity contribution in [1.82, 2.24) is 29.4 Å². The number of nitrogens with zero attached hydrogens (tertiary/aromatic N) is 6. The maximum atomic E-state index is 14.0. The SMILES string of the molecule is N[C@H](Cc1cc(F)c(F)cc1F)Cc1nnc2n1CCCn1nc(C(=O)N3CCCC3)cc1-2. The summed E-state index contributed by atoms with van der Waals surface area (Å²) in [5.74, 6) is -2.03. The molecule has 2 aromatic heterocycles. The molecule has 0 spiro atoms. The molecule has 0 aliphatic carbocycles. The molecule has 11 heteroatoms. The number of hydrogen-bond acceptors (Lipinski definition) is 5. The lowest BCUT2D eigenvalue weighted by Gasteiger charge is -2.14. The zero-order chi connectivity index (χ0) is 23.1. The molecule has 1 atom stereocenters. The Labute approximate surface area is 188 Å². The van der Waals surface area contributed by atoms with Gasteiger partial charge in [0.05, 0.1) is 0 Å². The summed E-state index contributed by atoms with van der Waals surface area (Å²) in [6.45, 7) is 2.77. The molecule has 1 fully saturated rings. The first kappa shape index (κ1) is 21.6. The Morgan fingerprint density at radius 1 is 0.939 bits per heavy atom. The van der Waals surface area contributed by atoms with Crippen molar-refractivity contribution < 1.29 is 18.0 Å². The molecule has 174 valence electrons. The van der Waals surface area contributed by atoms with E-state index in [-0.39, 0.29) is 24.3 Å². The number of carbonyl (C=O) groups is 1. The maximum absolute atomic E-state index is 14.0. The normalized spacial score (nSPS) is 16.4. The van der Waals surface area contributed by atoms with E-state index in [1.165, 1.54) is 0 Å². The number of rotatable bonds is 5. The second-order valence-corrected chi connectivity index (χ2v) is 8.61. The Morgan fingerprint density at radius 3 is 2.48 bits per heavy atom. The number of benzene rings is 1. The van der Waals surface area contributed by atoms with E-state index < -0.39 is 23.5 Å². The summed E-state index contributed by atoms with van der Waals surface area (Å²) >= 11 is 0. The van der Waals surface area contributed by atoms with Gasteiger partial charge in [0.15, 0.2) is 23.2 Å². The van der Waals surface area contributed by atoms with Gasteiger partial charge in [0, 0.05) is 50.8 Å². The van der Waals surface area contributed by atoms with Crippen LogP contribution < -0.4 is 5.73 Å². The number of carbonyl (C=O) groups excluding carboxylic acids is 1. The summed E-state index contributed by atoms with van der Waals surface area (Å²) in [5.41, 5.74) is 7.33. The van der Waals surface area contributed by atoms with E-state index >= 15 is 0 Å². The fourth-order valence-electron chi connectivity index (χ4n) is 4.55. The lowest BCUT2D eigenvalue weighted by atomic mass is 10.0. The van der Waals surface area contributed by atoms with Gasteiger partial charge in [-0.3, -0.25) is 9.48 Å². The zero-order valence-corrected chi connectivity index (χ0v) is 18.0. The number of halogens is 3. The zero-order valence-electron chi connectivity index (χ0n) is 18.0. The summed E-state index contributed by atoms with van der Waals surface area (Å²) < 4.78 is 44.4. The molecular formula is C22H24F3N7O. The van der Waals surface area contributed by atoms with Crippen LogP contribution in [-0.4, -0.2) is 54.5 Å². The Bertz CT molecular complexity index is 1200. The van der Waals surface area contributed by atoms with Gasteiger partial charge >= 0.3 is 0 Å². The van der Waals surface area contributed by atoms with Crippen molar-refractivity contribution in [2.45, 2.75) is 51.2 Å². The number of hydrogen-bond donors (Lipinski definition) is 1. The van der Waals surface area contributed by atoms with Crippen LogP contribution in [0.4, 0.5) is 13.2 Å². The van der Waals surface area contributed by atoms with Crippen molar-refractivity contribution in [2.24, 2.45) is 5.73 Å². The topological polar surface area (TPSA) is 94.9 Å². The first-order valence-electron chi connectivity index (χ1n) is 11.1. The second-order valence-electron chi connectivity index (χ2n) is 8.61. The third-order valence-electron chi connectivity index (χ3n) is 6.22. The third-order valence-corrected chi connectivity index (χ3v) is 6.22. The van der Waals surface area contributed by atoms with E-state index in [1.54, 1.807) is 10.7 Å². The number of likely N-dealkylation sites (tertiary alicyclic amines) is 1. The van der Waals surface area contributed by atoms with Crippen LogP contribution in [0.5, 0.6) is 0 Å². The van der Waals surface area contributed by atoms with Gasteiger partial charge in [0.25, 0.3) is 5.91 Å². The van der Waals surface area contributed by atoms with Gasteiger partial charge in [-0.25, -0.2) is 13.2 Å². The van der Waals surface area contributed by atoms with Crippen molar-refractivity contribution in [3.05, 3.63) is 52.7 Å². The highest BCUT2D eigenvalue weighted by Crippen LogP contribution is 2.26. The van der Waals surface area contributed by atoms with E-state index in [9.17, 15) is 18.0 Å². The molecule has 0 unspecified atom stereocenters. The molecule has 0 saturated carbocycles. The fourth-order valence-corrected chi connectivity index (χ4v) is 4.55. The maximum Gasteiger partial charge on any atom is 0.274 e. The predicted molar refractivity (Wildman–Crippen MR) is 113 cm³/mol. The minimum Gasteiger partial charge on any atom is -0.337 e. The van der Waals surface area contributed by atoms with Crippen LogP contribution in [0.1, 0.15) is 41.1 Å². The van der Waals surface area contributed by atoms with Gasteiger partial charge in [-0.2, -0.15) is 5.10 Å². The highest BCUT2D eigenvalue weighted by atomic mass is 19.2. The monoisotopic (exact) mass is 459 g/mol. The van der Waals surface area contributed by atoms with Gasteiger partial charge in [-0.15, -0.1) is 10.2 Å². The van der Waals surface area contributed by atoms with Gasteiger partial charge in [-0.05, 0) is 37.3 Å². The summed E-state index contributed by atoms with van der Waals surface area (Å²) in [6, 6.07) is 2.56. The third kappa shape index (κ3) is 4.12. The molecule has 2 N–H and O–H groups in total. The largest absolute Gasteiger partial charge is 0.337 e. The molecule has 0 bridgehead atoms. The Hall–Kier alpha value is -3.21. The van der Waals surface area contributed by atoms with Gasteiger partial charge < -0.3 is 15.2 Å². The molecule has 8 nitrogen and oxygen atoms in total. The van der Waals surface area contributed by atoms with E-state index in [0.717, 1.165) is 38.4 Å². The summed E-state index contributed by atoms with van der Waals surface area (Å²) in [6.07, 6.45) is 3.07. The number of nitrogens with two attached hydrogens (primary N) is 1. The first-order chi connectivity index (χ1) is 15.9. The van der Waals surface area contributed by atoms with E-state index in [2.05, 4.69) is 15.3 Å². The van der Waals surface area contributed by atoms with E-state index in [1.807, 2.05) is 9.47 Å². The van der Waals surface area contributed by atoms with E-state index in [4.69, 9.17) is 5.73 Å². The van der Waals surface area contributed by atoms with Gasteiger partial charge in [0.2, 0.25) is 0 Å². The lowest BCUT2D eigenvalue weighted by Crippen LogP contribution is -2.28. The van der Waals surface area contributed by atoms with Gasteiger partial charge in [-0.1, -0.05) is 0 Å². The fraction of sp³-hybridized carbons (Fsp3) is 0.455. The average Bonchev–Trinajstić information content (AvgIpc) is 3.51. The molecule has 1 aromatic carbocycles. The smallest absolute Gasteiger partial charge is 0.274 e. The average molecular weight is 459 g/mol. The van der Waals surface area contributed by atoms with Crippen molar-refractivity contribution in [2.75, 3.05) is 13.1 Å². The minimum absolute atomic E-state index is 0.0140. The van der Waals surface area contributed by atoms with Crippen LogP contribution in [0.25, 0.3) is 11.5 Å². The van der Waals surface area contributed by atoms with Gasteiger partial charge in [0.1, 0.15) is 17.3 Å². The molecule has 2 aliphatic rings. The number of amides is 1. The van der Waals surface area contributed by atoms with Crippen molar-refractivity contribution in [1.29, 1.82) is 0 Å². The highest BCUT2D eigenvalue weighted by molar-refractivity contribution is 5.93. The number of aryl methyl sites for hydroxylation is 1. The quantitative estimate of drug-likeness (QED) is 0.591. The van der Waals surface area contributed by atoms with Crippen LogP contribution >= 0.6 is 0 Å². The minimum atomic E-state index is -1.23. The number of fused-ring (bicyclic) bond motifs is 3. The Balaban J connectivity index is 1.37.